The molecule has 1 rings (SSSR count). The van der Waals surface area contributed by atoms with Gasteiger partial charge in [0.25, 0.3) is 5.91 Å². The zero-order valence-corrected chi connectivity index (χ0v) is 9.73. The SMILES string of the molecule is CC(C)NC(=O)CNc1ccc(C(N)=O)nn1. The van der Waals surface area contributed by atoms with E-state index < -0.39 is 5.91 Å². The minimum atomic E-state index is -0.637. The highest BCUT2D eigenvalue weighted by Crippen LogP contribution is 2.00. The average Bonchev–Trinajstić information content (AvgIpc) is 2.26. The van der Waals surface area contributed by atoms with Crippen molar-refractivity contribution in [1.82, 2.24) is 15.5 Å². The van der Waals surface area contributed by atoms with Crippen LogP contribution in [0.5, 0.6) is 0 Å². The van der Waals surface area contributed by atoms with Crippen LogP contribution < -0.4 is 16.4 Å². The molecule has 0 unspecified atom stereocenters. The zero-order chi connectivity index (χ0) is 12.8. The standard InChI is InChI=1S/C10H15N5O2/c1-6(2)13-9(16)5-12-8-4-3-7(10(11)17)14-15-8/h3-4,6H,5H2,1-2H3,(H2,11,17)(H,12,15)(H,13,16). The number of amides is 2. The van der Waals surface area contributed by atoms with Gasteiger partial charge in [-0.05, 0) is 26.0 Å². The summed E-state index contributed by atoms with van der Waals surface area (Å²) in [5.74, 6) is -0.365. The van der Waals surface area contributed by atoms with Crippen molar-refractivity contribution in [2.75, 3.05) is 11.9 Å². The molecular weight excluding hydrogens is 222 g/mol. The summed E-state index contributed by atoms with van der Waals surface area (Å²) in [6.07, 6.45) is 0. The third-order valence-electron chi connectivity index (χ3n) is 1.80. The number of anilines is 1. The highest BCUT2D eigenvalue weighted by Gasteiger charge is 2.05. The van der Waals surface area contributed by atoms with Crippen molar-refractivity contribution in [3.8, 4) is 0 Å². The predicted molar refractivity (Wildman–Crippen MR) is 62.3 cm³/mol. The van der Waals surface area contributed by atoms with E-state index in [0.29, 0.717) is 5.82 Å². The van der Waals surface area contributed by atoms with Gasteiger partial charge in [0.15, 0.2) is 5.69 Å². The predicted octanol–water partition coefficient (Wildman–Crippen LogP) is -0.488. The van der Waals surface area contributed by atoms with E-state index in [1.54, 1.807) is 0 Å². The maximum absolute atomic E-state index is 11.3. The third kappa shape index (κ3) is 4.45. The minimum Gasteiger partial charge on any atom is -0.364 e. The van der Waals surface area contributed by atoms with Crippen molar-refractivity contribution in [1.29, 1.82) is 0 Å². The van der Waals surface area contributed by atoms with Crippen LogP contribution >= 0.6 is 0 Å². The molecule has 0 aliphatic heterocycles. The molecule has 0 saturated carbocycles. The molecule has 1 aromatic rings. The molecule has 1 heterocycles. The lowest BCUT2D eigenvalue weighted by atomic mass is 10.3. The van der Waals surface area contributed by atoms with E-state index in [9.17, 15) is 9.59 Å². The van der Waals surface area contributed by atoms with Gasteiger partial charge in [-0.25, -0.2) is 0 Å². The van der Waals surface area contributed by atoms with E-state index in [0.717, 1.165) is 0 Å². The van der Waals surface area contributed by atoms with Crippen molar-refractivity contribution in [2.45, 2.75) is 19.9 Å². The Hall–Kier alpha value is -2.18. The first-order valence-electron chi connectivity index (χ1n) is 5.16. The molecule has 0 fully saturated rings. The summed E-state index contributed by atoms with van der Waals surface area (Å²) < 4.78 is 0. The normalized spacial score (nSPS) is 10.1. The number of nitrogens with zero attached hydrogens (tertiary/aromatic N) is 2. The summed E-state index contributed by atoms with van der Waals surface area (Å²) in [7, 11) is 0. The molecule has 1 aromatic heterocycles. The molecule has 0 aliphatic carbocycles. The molecule has 7 nitrogen and oxygen atoms in total. The zero-order valence-electron chi connectivity index (χ0n) is 9.73. The number of nitrogens with one attached hydrogen (secondary N) is 2. The van der Waals surface area contributed by atoms with Crippen molar-refractivity contribution in [3.05, 3.63) is 17.8 Å². The summed E-state index contributed by atoms with van der Waals surface area (Å²) >= 11 is 0. The summed E-state index contributed by atoms with van der Waals surface area (Å²) in [6.45, 7) is 3.85. The van der Waals surface area contributed by atoms with Gasteiger partial charge in [0.2, 0.25) is 5.91 Å². The number of hydrogen-bond donors (Lipinski definition) is 3. The van der Waals surface area contributed by atoms with Gasteiger partial charge in [0, 0.05) is 6.04 Å². The van der Waals surface area contributed by atoms with Crippen LogP contribution in [0.15, 0.2) is 12.1 Å². The number of primary amides is 1. The molecule has 0 bridgehead atoms. The van der Waals surface area contributed by atoms with E-state index in [4.69, 9.17) is 5.73 Å². The number of nitrogens with two attached hydrogens (primary N) is 1. The number of hydrogen-bond acceptors (Lipinski definition) is 5. The Kier molecular flexibility index (Phi) is 4.38. The largest absolute Gasteiger partial charge is 0.364 e. The van der Waals surface area contributed by atoms with Gasteiger partial charge in [0.05, 0.1) is 6.54 Å². The summed E-state index contributed by atoms with van der Waals surface area (Å²) in [4.78, 5) is 22.0. The van der Waals surface area contributed by atoms with E-state index in [1.165, 1.54) is 12.1 Å². The highest BCUT2D eigenvalue weighted by molar-refractivity contribution is 5.90. The molecule has 0 spiro atoms. The molecule has 0 saturated heterocycles. The summed E-state index contributed by atoms with van der Waals surface area (Å²) in [5.41, 5.74) is 5.10. The van der Waals surface area contributed by atoms with E-state index in [-0.39, 0.29) is 24.2 Å². The van der Waals surface area contributed by atoms with Crippen LogP contribution in [-0.2, 0) is 4.79 Å². The fraction of sp³-hybridized carbons (Fsp3) is 0.400. The quantitative estimate of drug-likeness (QED) is 0.640. The Morgan fingerprint density at radius 1 is 1.35 bits per heavy atom. The Labute approximate surface area is 98.8 Å². The lowest BCUT2D eigenvalue weighted by Crippen LogP contribution is -2.35. The molecule has 4 N–H and O–H groups in total. The highest BCUT2D eigenvalue weighted by atomic mass is 16.2. The number of carbonyl (C=O) groups is 2. The second kappa shape index (κ2) is 5.78. The molecule has 17 heavy (non-hydrogen) atoms. The van der Waals surface area contributed by atoms with Gasteiger partial charge in [0.1, 0.15) is 5.82 Å². The topological polar surface area (TPSA) is 110 Å². The fourth-order valence-electron chi connectivity index (χ4n) is 1.10. The summed E-state index contributed by atoms with van der Waals surface area (Å²) in [6, 6.07) is 3.07. The third-order valence-corrected chi connectivity index (χ3v) is 1.80. The molecule has 0 radical (unpaired) electrons. The van der Waals surface area contributed by atoms with E-state index >= 15 is 0 Å². The smallest absolute Gasteiger partial charge is 0.269 e. The van der Waals surface area contributed by atoms with Crippen LogP contribution in [0.3, 0.4) is 0 Å². The van der Waals surface area contributed by atoms with Crippen LogP contribution in [0, 0.1) is 0 Å². The van der Waals surface area contributed by atoms with Crippen molar-refractivity contribution in [3.63, 3.8) is 0 Å². The van der Waals surface area contributed by atoms with Crippen molar-refractivity contribution >= 4 is 17.6 Å². The first-order valence-corrected chi connectivity index (χ1v) is 5.16. The Morgan fingerprint density at radius 2 is 2.06 bits per heavy atom. The first kappa shape index (κ1) is 12.9. The molecule has 0 aliphatic rings. The molecular formula is C10H15N5O2. The minimum absolute atomic E-state index is 0.0854. The monoisotopic (exact) mass is 237 g/mol. The van der Waals surface area contributed by atoms with E-state index in [2.05, 4.69) is 20.8 Å². The number of carbonyl (C=O) groups excluding carboxylic acids is 2. The Bertz CT molecular complexity index is 402. The second-order valence-electron chi connectivity index (χ2n) is 3.74. The van der Waals surface area contributed by atoms with Gasteiger partial charge in [-0.2, -0.15) is 0 Å². The van der Waals surface area contributed by atoms with Gasteiger partial charge in [-0.3, -0.25) is 9.59 Å². The van der Waals surface area contributed by atoms with Crippen LogP contribution in [-0.4, -0.2) is 34.6 Å². The van der Waals surface area contributed by atoms with Gasteiger partial charge in [-0.1, -0.05) is 0 Å². The van der Waals surface area contributed by atoms with Crippen LogP contribution in [0.1, 0.15) is 24.3 Å². The molecule has 0 aromatic carbocycles. The molecule has 2 amide bonds. The fourth-order valence-corrected chi connectivity index (χ4v) is 1.10. The summed E-state index contributed by atoms with van der Waals surface area (Å²) in [5, 5.41) is 12.8. The molecule has 7 heteroatoms. The van der Waals surface area contributed by atoms with Crippen LogP contribution in [0.4, 0.5) is 5.82 Å². The number of aromatic nitrogens is 2. The average molecular weight is 237 g/mol. The van der Waals surface area contributed by atoms with Crippen molar-refractivity contribution in [2.24, 2.45) is 5.73 Å². The van der Waals surface area contributed by atoms with Gasteiger partial charge < -0.3 is 16.4 Å². The lowest BCUT2D eigenvalue weighted by Gasteiger charge is -2.09. The van der Waals surface area contributed by atoms with Crippen molar-refractivity contribution < 1.29 is 9.59 Å². The first-order chi connectivity index (χ1) is 7.99. The maximum Gasteiger partial charge on any atom is 0.269 e. The van der Waals surface area contributed by atoms with Gasteiger partial charge >= 0.3 is 0 Å². The molecule has 92 valence electrons. The van der Waals surface area contributed by atoms with Crippen LogP contribution in [0.2, 0.25) is 0 Å². The lowest BCUT2D eigenvalue weighted by molar-refractivity contribution is -0.119. The maximum atomic E-state index is 11.3. The Balaban J connectivity index is 2.47. The Morgan fingerprint density at radius 3 is 2.53 bits per heavy atom. The second-order valence-corrected chi connectivity index (χ2v) is 3.74. The number of rotatable bonds is 5. The van der Waals surface area contributed by atoms with Crippen LogP contribution in [0.25, 0.3) is 0 Å². The van der Waals surface area contributed by atoms with Gasteiger partial charge in [-0.15, -0.1) is 10.2 Å². The van der Waals surface area contributed by atoms with E-state index in [1.807, 2.05) is 13.8 Å². The molecule has 0 atom stereocenters.